The summed E-state index contributed by atoms with van der Waals surface area (Å²) in [5.74, 6) is -0.389. The van der Waals surface area contributed by atoms with Gasteiger partial charge in [-0.25, -0.2) is 4.39 Å². The lowest BCUT2D eigenvalue weighted by atomic mass is 9.93. The highest BCUT2D eigenvalue weighted by Crippen LogP contribution is 2.31. The second-order valence-corrected chi connectivity index (χ2v) is 5.87. The maximum atomic E-state index is 13.3. The minimum absolute atomic E-state index is 0.360. The Morgan fingerprint density at radius 3 is 2.74 bits per heavy atom. The molecule has 1 aliphatic rings. The van der Waals surface area contributed by atoms with Crippen LogP contribution in [0.3, 0.4) is 0 Å². The smallest absolute Gasteiger partial charge is 0.139 e. The molecule has 3 N–H and O–H groups in total. The van der Waals surface area contributed by atoms with Crippen LogP contribution in [-0.4, -0.2) is 37.5 Å². The maximum Gasteiger partial charge on any atom is 0.139 e. The van der Waals surface area contributed by atoms with Crippen molar-refractivity contribution < 1.29 is 14.2 Å². The van der Waals surface area contributed by atoms with Crippen molar-refractivity contribution in [2.45, 2.75) is 18.4 Å². The highest BCUT2D eigenvalue weighted by atomic mass is 79.9. The average molecular weight is 333 g/mol. The van der Waals surface area contributed by atoms with E-state index in [-0.39, 0.29) is 5.82 Å². The summed E-state index contributed by atoms with van der Waals surface area (Å²) in [6.45, 7) is 1.57. The minimum atomic E-state index is -0.777. The third kappa shape index (κ3) is 3.38. The molecule has 106 valence electrons. The van der Waals surface area contributed by atoms with Crippen LogP contribution in [0.25, 0.3) is 0 Å². The van der Waals surface area contributed by atoms with Crippen molar-refractivity contribution in [3.63, 3.8) is 0 Å². The van der Waals surface area contributed by atoms with Gasteiger partial charge in [0.15, 0.2) is 0 Å². The summed E-state index contributed by atoms with van der Waals surface area (Å²) in [6, 6.07) is 2.91. The summed E-state index contributed by atoms with van der Waals surface area (Å²) in [5, 5.41) is 10.5. The molecule has 0 bridgehead atoms. The summed E-state index contributed by atoms with van der Waals surface area (Å²) in [5.41, 5.74) is 6.12. The fourth-order valence-corrected chi connectivity index (χ4v) is 2.65. The minimum Gasteiger partial charge on any atom is -0.397 e. The van der Waals surface area contributed by atoms with Crippen LogP contribution in [0.5, 0.6) is 0 Å². The lowest BCUT2D eigenvalue weighted by Crippen LogP contribution is -2.45. The van der Waals surface area contributed by atoms with Gasteiger partial charge in [-0.3, -0.25) is 0 Å². The number of ether oxygens (including phenoxy) is 1. The lowest BCUT2D eigenvalue weighted by molar-refractivity contribution is -0.0572. The van der Waals surface area contributed by atoms with Gasteiger partial charge in [0.1, 0.15) is 5.82 Å². The predicted octanol–water partition coefficient (Wildman–Crippen LogP) is 2.15. The van der Waals surface area contributed by atoms with E-state index in [1.54, 1.807) is 6.07 Å². The van der Waals surface area contributed by atoms with Gasteiger partial charge >= 0.3 is 0 Å². The first-order valence-corrected chi connectivity index (χ1v) is 6.96. The molecule has 1 aromatic carbocycles. The average Bonchev–Trinajstić information content (AvgIpc) is 2.34. The molecule has 0 amide bonds. The standard InChI is InChI=1S/C13H18BrFN2O2/c1-17(8-13(18)2-4-19-5-3-13)12-6-9(14)10(15)7-11(12)16/h6-7,18H,2-5,8,16H2,1H3. The highest BCUT2D eigenvalue weighted by molar-refractivity contribution is 9.10. The molecule has 2 rings (SSSR count). The van der Waals surface area contributed by atoms with Crippen LogP contribution in [0, 0.1) is 5.82 Å². The van der Waals surface area contributed by atoms with Gasteiger partial charge in [0.2, 0.25) is 0 Å². The Labute approximate surface area is 120 Å². The Balaban J connectivity index is 2.15. The molecular weight excluding hydrogens is 315 g/mol. The van der Waals surface area contributed by atoms with E-state index in [4.69, 9.17) is 10.5 Å². The van der Waals surface area contributed by atoms with Crippen LogP contribution in [0.2, 0.25) is 0 Å². The Kier molecular flexibility index (Phi) is 4.32. The number of aliphatic hydroxyl groups is 1. The van der Waals surface area contributed by atoms with E-state index < -0.39 is 5.60 Å². The normalized spacial score (nSPS) is 18.3. The Morgan fingerprint density at radius 2 is 2.11 bits per heavy atom. The zero-order valence-corrected chi connectivity index (χ0v) is 12.4. The van der Waals surface area contributed by atoms with Gasteiger partial charge in [-0.2, -0.15) is 0 Å². The van der Waals surface area contributed by atoms with Gasteiger partial charge in [-0.1, -0.05) is 0 Å². The fraction of sp³-hybridized carbons (Fsp3) is 0.538. The Hall–Kier alpha value is -0.850. The van der Waals surface area contributed by atoms with E-state index in [1.807, 2.05) is 11.9 Å². The summed E-state index contributed by atoms with van der Waals surface area (Å²) >= 11 is 3.15. The second kappa shape index (κ2) is 5.64. The molecule has 1 aromatic rings. The van der Waals surface area contributed by atoms with Gasteiger partial charge in [-0.15, -0.1) is 0 Å². The number of anilines is 2. The molecule has 0 unspecified atom stereocenters. The first-order chi connectivity index (χ1) is 8.91. The molecule has 0 aliphatic carbocycles. The summed E-state index contributed by atoms with van der Waals surface area (Å²) < 4.78 is 19.0. The van der Waals surface area contributed by atoms with E-state index in [2.05, 4.69) is 15.9 Å². The van der Waals surface area contributed by atoms with E-state index in [1.165, 1.54) is 6.07 Å². The number of benzene rings is 1. The molecule has 1 saturated heterocycles. The lowest BCUT2D eigenvalue weighted by Gasteiger charge is -2.36. The van der Waals surface area contributed by atoms with E-state index in [0.717, 1.165) is 0 Å². The van der Waals surface area contributed by atoms with Crippen molar-refractivity contribution in [3.05, 3.63) is 22.4 Å². The van der Waals surface area contributed by atoms with Crippen molar-refractivity contribution in [1.29, 1.82) is 0 Å². The number of hydrogen-bond donors (Lipinski definition) is 2. The topological polar surface area (TPSA) is 58.7 Å². The quantitative estimate of drug-likeness (QED) is 0.833. The Bertz CT molecular complexity index is 464. The summed E-state index contributed by atoms with van der Waals surface area (Å²) in [6.07, 6.45) is 1.19. The molecular formula is C13H18BrFN2O2. The highest BCUT2D eigenvalue weighted by Gasteiger charge is 2.31. The van der Waals surface area contributed by atoms with Gasteiger partial charge in [0.05, 0.1) is 21.4 Å². The molecule has 0 atom stereocenters. The molecule has 1 heterocycles. The predicted molar refractivity (Wildman–Crippen MR) is 76.8 cm³/mol. The third-order valence-electron chi connectivity index (χ3n) is 3.44. The fourth-order valence-electron chi connectivity index (χ4n) is 2.32. The molecule has 0 saturated carbocycles. The number of likely N-dealkylation sites (N-methyl/N-ethyl adjacent to an activating group) is 1. The zero-order chi connectivity index (χ0) is 14.0. The van der Waals surface area contributed by atoms with E-state index in [9.17, 15) is 9.50 Å². The molecule has 1 fully saturated rings. The maximum absolute atomic E-state index is 13.3. The van der Waals surface area contributed by atoms with Gasteiger partial charge in [0, 0.05) is 45.7 Å². The molecule has 0 spiro atoms. The van der Waals surface area contributed by atoms with Crippen LogP contribution in [0.15, 0.2) is 16.6 Å². The van der Waals surface area contributed by atoms with Crippen LogP contribution >= 0.6 is 15.9 Å². The molecule has 0 radical (unpaired) electrons. The van der Waals surface area contributed by atoms with Crippen molar-refractivity contribution in [2.24, 2.45) is 0 Å². The summed E-state index contributed by atoms with van der Waals surface area (Å²) in [4.78, 5) is 1.85. The molecule has 0 aromatic heterocycles. The van der Waals surface area contributed by atoms with Gasteiger partial charge < -0.3 is 20.5 Å². The Morgan fingerprint density at radius 1 is 1.47 bits per heavy atom. The number of halogens is 2. The van der Waals surface area contributed by atoms with Crippen LogP contribution in [-0.2, 0) is 4.74 Å². The van der Waals surface area contributed by atoms with Crippen molar-refractivity contribution in [1.82, 2.24) is 0 Å². The van der Waals surface area contributed by atoms with Crippen LogP contribution in [0.1, 0.15) is 12.8 Å². The van der Waals surface area contributed by atoms with Gasteiger partial charge in [-0.05, 0) is 22.0 Å². The second-order valence-electron chi connectivity index (χ2n) is 5.02. The van der Waals surface area contributed by atoms with Crippen molar-refractivity contribution in [3.8, 4) is 0 Å². The SMILES string of the molecule is CN(CC1(O)CCOCC1)c1cc(Br)c(F)cc1N. The molecule has 6 heteroatoms. The zero-order valence-electron chi connectivity index (χ0n) is 10.8. The van der Waals surface area contributed by atoms with Crippen molar-refractivity contribution in [2.75, 3.05) is 37.4 Å². The van der Waals surface area contributed by atoms with Crippen LogP contribution in [0.4, 0.5) is 15.8 Å². The van der Waals surface area contributed by atoms with E-state index >= 15 is 0 Å². The van der Waals surface area contributed by atoms with Gasteiger partial charge in [0.25, 0.3) is 0 Å². The van der Waals surface area contributed by atoms with Crippen molar-refractivity contribution >= 4 is 27.3 Å². The van der Waals surface area contributed by atoms with E-state index in [0.29, 0.717) is 48.4 Å². The van der Waals surface area contributed by atoms with Crippen LogP contribution < -0.4 is 10.6 Å². The number of nitrogens with two attached hydrogens (primary N) is 1. The first-order valence-electron chi connectivity index (χ1n) is 6.17. The largest absolute Gasteiger partial charge is 0.397 e. The number of rotatable bonds is 3. The molecule has 19 heavy (non-hydrogen) atoms. The first kappa shape index (κ1) is 14.6. The molecule has 4 nitrogen and oxygen atoms in total. The monoisotopic (exact) mass is 332 g/mol. The summed E-state index contributed by atoms with van der Waals surface area (Å²) in [7, 11) is 1.84. The molecule has 1 aliphatic heterocycles. The number of hydrogen-bond acceptors (Lipinski definition) is 4. The number of nitrogens with zero attached hydrogens (tertiary/aromatic N) is 1. The third-order valence-corrected chi connectivity index (χ3v) is 4.04. The number of nitrogen functional groups attached to an aromatic ring is 1.